The van der Waals surface area contributed by atoms with Crippen LogP contribution in [0.3, 0.4) is 0 Å². The lowest BCUT2D eigenvalue weighted by Crippen LogP contribution is -2.37. The number of nitrogens with one attached hydrogen (secondary N) is 1. The maximum atomic E-state index is 12.4. The second-order valence-electron chi connectivity index (χ2n) is 3.39. The molecule has 1 aromatic carbocycles. The summed E-state index contributed by atoms with van der Waals surface area (Å²) in [5.41, 5.74) is 4.53. The molecule has 98 valence electrons. The largest absolute Gasteiger partial charge is 0.416 e. The fourth-order valence-electron chi connectivity index (χ4n) is 1.25. The van der Waals surface area contributed by atoms with Gasteiger partial charge in [-0.25, -0.2) is 0 Å². The van der Waals surface area contributed by atoms with Crippen LogP contribution in [0.15, 0.2) is 28.8 Å². The Kier molecular flexibility index (Phi) is 4.55. The Morgan fingerprint density at radius 2 is 2.11 bits per heavy atom. The minimum atomic E-state index is -4.44. The number of alkyl halides is 3. The topological polar surface area (TPSA) is 67.5 Å². The van der Waals surface area contributed by atoms with Crippen molar-refractivity contribution in [1.82, 2.24) is 5.32 Å². The summed E-state index contributed by atoms with van der Waals surface area (Å²) in [6.45, 7) is 0. The predicted octanol–water partition coefficient (Wildman–Crippen LogP) is 1.83. The highest BCUT2D eigenvalue weighted by atomic mass is 35.5. The third-order valence-electron chi connectivity index (χ3n) is 1.98. The van der Waals surface area contributed by atoms with E-state index in [1.165, 1.54) is 12.1 Å². The molecule has 0 aromatic heterocycles. The van der Waals surface area contributed by atoms with Crippen molar-refractivity contribution in [2.75, 3.05) is 0 Å². The molecule has 0 aliphatic heterocycles. The summed E-state index contributed by atoms with van der Waals surface area (Å²) in [6.07, 6.45) is -4.69. The summed E-state index contributed by atoms with van der Waals surface area (Å²) in [5, 5.41) is 2.11. The van der Waals surface area contributed by atoms with Crippen LogP contribution >= 0.6 is 11.8 Å². The molecule has 0 unspecified atom stereocenters. The number of hydrogen-bond donors (Lipinski definition) is 2. The zero-order chi connectivity index (χ0) is 13.8. The molecule has 3 N–H and O–H groups in total. The van der Waals surface area contributed by atoms with E-state index in [2.05, 4.69) is 9.83 Å². The van der Waals surface area contributed by atoms with Crippen LogP contribution in [0.2, 0.25) is 0 Å². The van der Waals surface area contributed by atoms with Gasteiger partial charge in [0, 0.05) is 11.8 Å². The van der Waals surface area contributed by atoms with E-state index < -0.39 is 17.6 Å². The van der Waals surface area contributed by atoms with E-state index >= 15 is 0 Å². The van der Waals surface area contributed by atoms with Crippen LogP contribution in [0.5, 0.6) is 0 Å². The summed E-state index contributed by atoms with van der Waals surface area (Å²) in [5.74, 6) is -0.912. The average molecular weight is 280 g/mol. The number of rotatable bonds is 2. The van der Waals surface area contributed by atoms with Crippen LogP contribution in [0.4, 0.5) is 13.2 Å². The zero-order valence-electron chi connectivity index (χ0n) is 8.96. The maximum absolute atomic E-state index is 12.4. The van der Waals surface area contributed by atoms with E-state index in [4.69, 9.17) is 17.5 Å². The van der Waals surface area contributed by atoms with Crippen molar-refractivity contribution in [3.63, 3.8) is 0 Å². The maximum Gasteiger partial charge on any atom is 0.416 e. The van der Waals surface area contributed by atoms with Crippen LogP contribution < -0.4 is 11.1 Å². The Morgan fingerprint density at radius 1 is 1.44 bits per heavy atom. The van der Waals surface area contributed by atoms with Gasteiger partial charge >= 0.3 is 6.18 Å². The summed E-state index contributed by atoms with van der Waals surface area (Å²) in [6, 6.07) is 4.46. The smallest absolute Gasteiger partial charge is 0.369 e. The number of nitrogens with two attached hydrogens (primary N) is 1. The normalized spacial score (nSPS) is 12.3. The molecular weight excluding hydrogens is 271 g/mol. The van der Waals surface area contributed by atoms with Crippen LogP contribution in [0.1, 0.15) is 11.1 Å². The number of benzene rings is 1. The highest BCUT2D eigenvalue weighted by Crippen LogP contribution is 2.29. The Morgan fingerprint density at radius 3 is 2.67 bits per heavy atom. The second kappa shape index (κ2) is 5.72. The highest BCUT2D eigenvalue weighted by Gasteiger charge is 2.30. The average Bonchev–Trinajstić information content (AvgIpc) is 2.27. The van der Waals surface area contributed by atoms with Crippen molar-refractivity contribution < 1.29 is 18.0 Å². The fraction of sp³-hybridized carbons (Fsp3) is 0.200. The molecule has 0 aliphatic carbocycles. The Labute approximate surface area is 106 Å². The number of guanidine groups is 1. The molecular formula is C10H9ClF3N3O. The van der Waals surface area contributed by atoms with Gasteiger partial charge in [-0.2, -0.15) is 13.2 Å². The monoisotopic (exact) mass is 279 g/mol. The number of hydrogen-bond acceptors (Lipinski definition) is 2. The van der Waals surface area contributed by atoms with Gasteiger partial charge in [-0.05, 0) is 11.6 Å². The SMILES string of the molecule is NC(=NCl)NC(=O)Cc1cccc(C(F)(F)F)c1. The van der Waals surface area contributed by atoms with Crippen LogP contribution in [-0.2, 0) is 17.4 Å². The van der Waals surface area contributed by atoms with Crippen LogP contribution in [0, 0.1) is 0 Å². The third-order valence-corrected chi connectivity index (χ3v) is 2.16. The lowest BCUT2D eigenvalue weighted by Gasteiger charge is -2.08. The van der Waals surface area contributed by atoms with Gasteiger partial charge in [-0.15, -0.1) is 4.51 Å². The first-order valence-electron chi connectivity index (χ1n) is 4.73. The van der Waals surface area contributed by atoms with Crippen molar-refractivity contribution in [2.45, 2.75) is 12.6 Å². The quantitative estimate of drug-likeness (QED) is 0.641. The van der Waals surface area contributed by atoms with Crippen LogP contribution in [-0.4, -0.2) is 11.9 Å². The fourth-order valence-corrected chi connectivity index (χ4v) is 1.29. The zero-order valence-corrected chi connectivity index (χ0v) is 9.72. The Bertz CT molecular complexity index is 474. The van der Waals surface area contributed by atoms with Gasteiger partial charge in [0.05, 0.1) is 12.0 Å². The molecule has 0 aliphatic rings. The van der Waals surface area contributed by atoms with Crippen molar-refractivity contribution in [3.05, 3.63) is 35.4 Å². The molecule has 0 spiro atoms. The lowest BCUT2D eigenvalue weighted by atomic mass is 10.1. The van der Waals surface area contributed by atoms with Crippen LogP contribution in [0.25, 0.3) is 0 Å². The molecule has 0 fully saturated rings. The molecule has 0 saturated carbocycles. The van der Waals surface area contributed by atoms with E-state index in [1.807, 2.05) is 0 Å². The van der Waals surface area contributed by atoms with Crippen molar-refractivity contribution in [2.24, 2.45) is 10.2 Å². The molecule has 1 rings (SSSR count). The van der Waals surface area contributed by atoms with Gasteiger partial charge in [0.15, 0.2) is 0 Å². The standard InChI is InChI=1S/C10H9ClF3N3O/c11-17-9(15)16-8(18)5-6-2-1-3-7(4-6)10(12,13)14/h1-4H,5H2,(H3,15,16,17,18). The molecule has 0 radical (unpaired) electrons. The van der Waals surface area contributed by atoms with Gasteiger partial charge in [0.25, 0.3) is 0 Å². The molecule has 0 heterocycles. The minimum Gasteiger partial charge on any atom is -0.369 e. The molecule has 0 bridgehead atoms. The van der Waals surface area contributed by atoms with Crippen molar-refractivity contribution in [1.29, 1.82) is 0 Å². The summed E-state index contributed by atoms with van der Waals surface area (Å²) >= 11 is 4.98. The number of halogens is 4. The van der Waals surface area contributed by atoms with E-state index in [1.54, 1.807) is 0 Å². The number of nitrogens with zero attached hydrogens (tertiary/aromatic N) is 1. The van der Waals surface area contributed by atoms with Gasteiger partial charge in [-0.1, -0.05) is 18.2 Å². The Balaban J connectivity index is 2.77. The van der Waals surface area contributed by atoms with Gasteiger partial charge in [0.2, 0.25) is 11.9 Å². The first kappa shape index (κ1) is 14.3. The second-order valence-corrected chi connectivity index (χ2v) is 3.56. The summed E-state index contributed by atoms with van der Waals surface area (Å²) in [7, 11) is 0. The van der Waals surface area contributed by atoms with Crippen molar-refractivity contribution in [3.8, 4) is 0 Å². The molecule has 0 saturated heterocycles. The predicted molar refractivity (Wildman–Crippen MR) is 60.8 cm³/mol. The third kappa shape index (κ3) is 4.25. The number of carbonyl (C=O) groups excluding carboxylic acids is 1. The van der Waals surface area contributed by atoms with E-state index in [0.29, 0.717) is 0 Å². The number of carbonyl (C=O) groups is 1. The lowest BCUT2D eigenvalue weighted by molar-refractivity contribution is -0.137. The first-order valence-corrected chi connectivity index (χ1v) is 5.07. The molecule has 1 amide bonds. The van der Waals surface area contributed by atoms with Gasteiger partial charge in [0.1, 0.15) is 0 Å². The first-order chi connectivity index (χ1) is 8.32. The molecule has 18 heavy (non-hydrogen) atoms. The molecule has 0 atom stereocenters. The molecule has 4 nitrogen and oxygen atoms in total. The van der Waals surface area contributed by atoms with Crippen molar-refractivity contribution >= 4 is 23.6 Å². The molecule has 1 aromatic rings. The van der Waals surface area contributed by atoms with E-state index in [9.17, 15) is 18.0 Å². The van der Waals surface area contributed by atoms with Gasteiger partial charge in [-0.3, -0.25) is 10.1 Å². The Hall–Kier alpha value is -1.76. The summed E-state index contributed by atoms with van der Waals surface area (Å²) in [4.78, 5) is 11.3. The van der Waals surface area contributed by atoms with E-state index in [-0.39, 0.29) is 17.9 Å². The highest BCUT2D eigenvalue weighted by molar-refractivity contribution is 6.20. The number of amides is 1. The summed E-state index contributed by atoms with van der Waals surface area (Å²) < 4.78 is 40.2. The minimum absolute atomic E-state index is 0.213. The molecule has 8 heteroatoms. The van der Waals surface area contributed by atoms with E-state index in [0.717, 1.165) is 12.1 Å². The van der Waals surface area contributed by atoms with Gasteiger partial charge < -0.3 is 5.73 Å².